The van der Waals surface area contributed by atoms with Crippen LogP contribution in [0.5, 0.6) is 0 Å². The van der Waals surface area contributed by atoms with Gasteiger partial charge in [0, 0.05) is 5.75 Å². The van der Waals surface area contributed by atoms with Crippen LogP contribution in [-0.4, -0.2) is 32.0 Å². The molecular formula is C7H11N3O2S. The van der Waals surface area contributed by atoms with Crippen LogP contribution in [0.1, 0.15) is 12.7 Å². The van der Waals surface area contributed by atoms with Crippen LogP contribution in [0.3, 0.4) is 0 Å². The number of H-pyrrole nitrogens is 1. The molecule has 5 nitrogen and oxygen atoms in total. The lowest BCUT2D eigenvalue weighted by Gasteiger charge is -2.01. The fraction of sp³-hybridized carbons (Fsp3) is 0.571. The number of carboxylic acids is 1. The van der Waals surface area contributed by atoms with Gasteiger partial charge in [0.2, 0.25) is 5.16 Å². The van der Waals surface area contributed by atoms with E-state index in [1.165, 1.54) is 11.8 Å². The molecule has 0 aliphatic heterocycles. The largest absolute Gasteiger partial charge is 0.481 e. The minimum atomic E-state index is -0.792. The lowest BCUT2D eigenvalue weighted by molar-refractivity contribution is -0.140. The highest BCUT2D eigenvalue weighted by atomic mass is 32.2. The van der Waals surface area contributed by atoms with Gasteiger partial charge < -0.3 is 5.11 Å². The standard InChI is InChI=1S/C7H11N3O2S/c1-4(6(11)12)3-13-7-8-5(2)9-10-7/h4H,3H2,1-2H3,(H,11,12)(H,8,9,10). The van der Waals surface area contributed by atoms with E-state index in [-0.39, 0.29) is 5.92 Å². The molecule has 0 aliphatic rings. The monoisotopic (exact) mass is 201 g/mol. The van der Waals surface area contributed by atoms with Gasteiger partial charge in [-0.15, -0.1) is 5.10 Å². The summed E-state index contributed by atoms with van der Waals surface area (Å²) in [6.45, 7) is 3.46. The molecule has 1 aromatic rings. The Hall–Kier alpha value is -1.04. The summed E-state index contributed by atoms with van der Waals surface area (Å²) in [4.78, 5) is 14.5. The molecule has 0 aliphatic carbocycles. The van der Waals surface area contributed by atoms with E-state index in [1.54, 1.807) is 13.8 Å². The molecule has 13 heavy (non-hydrogen) atoms. The Morgan fingerprint density at radius 3 is 2.92 bits per heavy atom. The van der Waals surface area contributed by atoms with Crippen molar-refractivity contribution < 1.29 is 9.90 Å². The Bertz CT molecular complexity index is 300. The number of rotatable bonds is 4. The second-order valence-corrected chi connectivity index (χ2v) is 3.74. The third-order valence-electron chi connectivity index (χ3n) is 1.46. The second kappa shape index (κ2) is 4.27. The van der Waals surface area contributed by atoms with E-state index in [0.29, 0.717) is 10.9 Å². The van der Waals surface area contributed by atoms with Crippen molar-refractivity contribution >= 4 is 17.7 Å². The van der Waals surface area contributed by atoms with Crippen molar-refractivity contribution in [1.82, 2.24) is 15.2 Å². The van der Waals surface area contributed by atoms with Gasteiger partial charge >= 0.3 is 5.97 Å². The summed E-state index contributed by atoms with van der Waals surface area (Å²) < 4.78 is 0. The van der Waals surface area contributed by atoms with Crippen LogP contribution < -0.4 is 0 Å². The normalized spacial score (nSPS) is 12.8. The molecule has 0 radical (unpaired) electrons. The lowest BCUT2D eigenvalue weighted by atomic mass is 10.2. The maximum Gasteiger partial charge on any atom is 0.307 e. The maximum absolute atomic E-state index is 10.5. The quantitative estimate of drug-likeness (QED) is 0.708. The van der Waals surface area contributed by atoms with E-state index < -0.39 is 5.97 Å². The molecule has 0 amide bonds. The molecule has 2 N–H and O–H groups in total. The number of hydrogen-bond acceptors (Lipinski definition) is 4. The van der Waals surface area contributed by atoms with Gasteiger partial charge in [0.25, 0.3) is 0 Å². The number of carboxylic acid groups (broad SMARTS) is 1. The zero-order valence-corrected chi connectivity index (χ0v) is 8.26. The first-order valence-electron chi connectivity index (χ1n) is 3.84. The highest BCUT2D eigenvalue weighted by Gasteiger charge is 2.12. The fourth-order valence-corrected chi connectivity index (χ4v) is 1.51. The predicted octanol–water partition coefficient (Wildman–Crippen LogP) is 0.926. The molecule has 1 heterocycles. The van der Waals surface area contributed by atoms with Gasteiger partial charge in [-0.05, 0) is 6.92 Å². The Balaban J connectivity index is 2.39. The van der Waals surface area contributed by atoms with Crippen molar-refractivity contribution in [1.29, 1.82) is 0 Å². The van der Waals surface area contributed by atoms with Crippen LogP contribution in [-0.2, 0) is 4.79 Å². The van der Waals surface area contributed by atoms with Gasteiger partial charge in [-0.3, -0.25) is 9.89 Å². The fourth-order valence-electron chi connectivity index (χ4n) is 0.658. The van der Waals surface area contributed by atoms with E-state index in [2.05, 4.69) is 15.2 Å². The molecule has 1 unspecified atom stereocenters. The number of aryl methyl sites for hydroxylation is 1. The number of nitrogens with zero attached hydrogens (tertiary/aromatic N) is 2. The van der Waals surface area contributed by atoms with Crippen LogP contribution in [0, 0.1) is 12.8 Å². The SMILES string of the molecule is Cc1nc(SCC(C)C(=O)O)n[nH]1. The molecule has 0 saturated carbocycles. The molecule has 1 rings (SSSR count). The molecule has 0 aromatic carbocycles. The first-order chi connectivity index (χ1) is 6.09. The van der Waals surface area contributed by atoms with Crippen LogP contribution in [0.15, 0.2) is 5.16 Å². The molecular weight excluding hydrogens is 190 g/mol. The molecule has 1 atom stereocenters. The number of hydrogen-bond donors (Lipinski definition) is 2. The van der Waals surface area contributed by atoms with Crippen LogP contribution in [0.4, 0.5) is 0 Å². The highest BCUT2D eigenvalue weighted by Crippen LogP contribution is 2.15. The Labute approximate surface area is 80.0 Å². The van der Waals surface area contributed by atoms with Gasteiger partial charge in [0.05, 0.1) is 5.92 Å². The molecule has 0 fully saturated rings. The van der Waals surface area contributed by atoms with Gasteiger partial charge in [-0.1, -0.05) is 18.7 Å². The first kappa shape index (κ1) is 10.0. The molecule has 0 spiro atoms. The smallest absolute Gasteiger partial charge is 0.307 e. The van der Waals surface area contributed by atoms with Gasteiger partial charge in [0.1, 0.15) is 5.82 Å². The van der Waals surface area contributed by atoms with Crippen LogP contribution in [0.25, 0.3) is 0 Å². The minimum absolute atomic E-state index is 0.371. The van der Waals surface area contributed by atoms with E-state index in [9.17, 15) is 4.79 Å². The topological polar surface area (TPSA) is 78.9 Å². The lowest BCUT2D eigenvalue weighted by Crippen LogP contribution is -2.11. The summed E-state index contributed by atoms with van der Waals surface area (Å²) >= 11 is 1.34. The number of aromatic amines is 1. The number of aliphatic carboxylic acids is 1. The van der Waals surface area contributed by atoms with Gasteiger partial charge in [0.15, 0.2) is 0 Å². The summed E-state index contributed by atoms with van der Waals surface area (Å²) in [5, 5.41) is 15.8. The average molecular weight is 201 g/mol. The average Bonchev–Trinajstić information content (AvgIpc) is 2.47. The van der Waals surface area contributed by atoms with Crippen molar-refractivity contribution in [2.45, 2.75) is 19.0 Å². The third-order valence-corrected chi connectivity index (χ3v) is 2.57. The number of nitrogens with one attached hydrogen (secondary N) is 1. The zero-order chi connectivity index (χ0) is 9.84. The van der Waals surface area contributed by atoms with Gasteiger partial charge in [-0.2, -0.15) is 0 Å². The van der Waals surface area contributed by atoms with E-state index in [0.717, 1.165) is 5.82 Å². The number of carbonyl (C=O) groups is 1. The maximum atomic E-state index is 10.5. The second-order valence-electron chi connectivity index (χ2n) is 2.75. The number of aromatic nitrogens is 3. The molecule has 0 bridgehead atoms. The predicted molar refractivity (Wildman–Crippen MR) is 48.6 cm³/mol. The zero-order valence-electron chi connectivity index (χ0n) is 7.44. The van der Waals surface area contributed by atoms with Crippen molar-refractivity contribution in [3.63, 3.8) is 0 Å². The Morgan fingerprint density at radius 1 is 1.77 bits per heavy atom. The van der Waals surface area contributed by atoms with E-state index in [1.807, 2.05) is 0 Å². The van der Waals surface area contributed by atoms with Crippen molar-refractivity contribution in [2.24, 2.45) is 5.92 Å². The Morgan fingerprint density at radius 2 is 2.46 bits per heavy atom. The first-order valence-corrected chi connectivity index (χ1v) is 4.82. The molecule has 1 aromatic heterocycles. The Kier molecular flexibility index (Phi) is 3.30. The van der Waals surface area contributed by atoms with Crippen LogP contribution >= 0.6 is 11.8 Å². The summed E-state index contributed by atoms with van der Waals surface area (Å²) in [5.41, 5.74) is 0. The summed E-state index contributed by atoms with van der Waals surface area (Å²) in [6, 6.07) is 0. The van der Waals surface area contributed by atoms with Crippen molar-refractivity contribution in [3.05, 3.63) is 5.82 Å². The van der Waals surface area contributed by atoms with Crippen molar-refractivity contribution in [2.75, 3.05) is 5.75 Å². The number of thioether (sulfide) groups is 1. The highest BCUT2D eigenvalue weighted by molar-refractivity contribution is 7.99. The van der Waals surface area contributed by atoms with Crippen LogP contribution in [0.2, 0.25) is 0 Å². The minimum Gasteiger partial charge on any atom is -0.481 e. The van der Waals surface area contributed by atoms with E-state index in [4.69, 9.17) is 5.11 Å². The summed E-state index contributed by atoms with van der Waals surface area (Å²) in [7, 11) is 0. The molecule has 6 heteroatoms. The van der Waals surface area contributed by atoms with Crippen molar-refractivity contribution in [3.8, 4) is 0 Å². The van der Waals surface area contributed by atoms with Gasteiger partial charge in [-0.25, -0.2) is 4.98 Å². The third kappa shape index (κ3) is 3.06. The van der Waals surface area contributed by atoms with E-state index >= 15 is 0 Å². The molecule has 0 saturated heterocycles. The summed E-state index contributed by atoms with van der Waals surface area (Å²) in [6.07, 6.45) is 0. The molecule has 72 valence electrons. The summed E-state index contributed by atoms with van der Waals surface area (Å²) in [5.74, 6) is 0.0705.